The molecule has 0 atom stereocenters. The first-order valence-electron chi connectivity index (χ1n) is 10.00. The van der Waals surface area contributed by atoms with Crippen LogP contribution in [-0.2, 0) is 27.5 Å². The topological polar surface area (TPSA) is 69.0 Å². The molecule has 0 saturated carbocycles. The van der Waals surface area contributed by atoms with E-state index in [0.717, 1.165) is 17.5 Å². The van der Waals surface area contributed by atoms with Crippen LogP contribution < -0.4 is 4.90 Å². The van der Waals surface area contributed by atoms with Crippen LogP contribution in [0, 0.1) is 0 Å². The molecule has 2 aromatic carbocycles. The van der Waals surface area contributed by atoms with Crippen LogP contribution in [-0.4, -0.2) is 47.7 Å². The molecule has 0 radical (unpaired) electrons. The number of hydrogen-bond donors (Lipinski definition) is 0. The van der Waals surface area contributed by atoms with E-state index in [1.54, 1.807) is 31.4 Å². The van der Waals surface area contributed by atoms with Crippen molar-refractivity contribution >= 4 is 28.3 Å². The summed E-state index contributed by atoms with van der Waals surface area (Å²) in [4.78, 5) is 23.7. The fourth-order valence-corrected chi connectivity index (χ4v) is 3.68. The van der Waals surface area contributed by atoms with Crippen LogP contribution in [0.1, 0.15) is 17.8 Å². The van der Waals surface area contributed by atoms with Gasteiger partial charge in [0.25, 0.3) is 5.91 Å². The van der Waals surface area contributed by atoms with Gasteiger partial charge in [-0.1, -0.05) is 35.5 Å². The molecule has 1 aromatic heterocycles. The van der Waals surface area contributed by atoms with Gasteiger partial charge in [-0.15, -0.1) is 0 Å². The van der Waals surface area contributed by atoms with Crippen LogP contribution in [0.2, 0.25) is 0 Å². The number of aromatic nitrogens is 2. The molecule has 10 heteroatoms. The summed E-state index contributed by atoms with van der Waals surface area (Å²) in [6, 6.07) is 14.4. The van der Waals surface area contributed by atoms with Crippen LogP contribution in [0.5, 0.6) is 0 Å². The Balaban J connectivity index is 1.66. The summed E-state index contributed by atoms with van der Waals surface area (Å²) in [5, 5.41) is 3.51. The molecule has 1 aliphatic rings. The van der Waals surface area contributed by atoms with E-state index in [1.807, 2.05) is 28.8 Å². The summed E-state index contributed by atoms with van der Waals surface area (Å²) >= 11 is 0. The van der Waals surface area contributed by atoms with Crippen LogP contribution in [0.15, 0.2) is 53.7 Å². The van der Waals surface area contributed by atoms with Gasteiger partial charge in [0.05, 0.1) is 23.3 Å². The zero-order chi connectivity index (χ0) is 22.7. The largest absolute Gasteiger partial charge is 0.425 e. The van der Waals surface area contributed by atoms with E-state index in [2.05, 4.69) is 9.99 Å². The summed E-state index contributed by atoms with van der Waals surface area (Å²) in [7, 11) is 1.63. The number of oxime groups is 1. The molecular weight excluding hydrogens is 425 g/mol. The van der Waals surface area contributed by atoms with Crippen molar-refractivity contribution in [3.63, 3.8) is 0 Å². The number of methoxy groups -OCH3 is 1. The first-order chi connectivity index (χ1) is 15.4. The van der Waals surface area contributed by atoms with Gasteiger partial charge in [0, 0.05) is 25.8 Å². The molecule has 1 aliphatic heterocycles. The third-order valence-corrected chi connectivity index (χ3v) is 5.05. The molecule has 168 valence electrons. The first kappa shape index (κ1) is 21.8. The second-order valence-corrected chi connectivity index (χ2v) is 7.25. The number of ether oxygens (including phenoxy) is 1. The molecule has 0 unspecified atom stereocenters. The Morgan fingerprint density at radius 2 is 1.84 bits per heavy atom. The van der Waals surface area contributed by atoms with Crippen LogP contribution in [0.3, 0.4) is 0 Å². The number of alkyl halides is 3. The Morgan fingerprint density at radius 1 is 1.09 bits per heavy atom. The second-order valence-electron chi connectivity index (χ2n) is 7.25. The van der Waals surface area contributed by atoms with Gasteiger partial charge < -0.3 is 14.1 Å². The van der Waals surface area contributed by atoms with E-state index in [4.69, 9.17) is 9.72 Å². The highest BCUT2D eigenvalue weighted by Crippen LogP contribution is 2.31. The van der Waals surface area contributed by atoms with Crippen molar-refractivity contribution in [1.29, 1.82) is 0 Å². The smallest absolute Gasteiger partial charge is 0.385 e. The van der Waals surface area contributed by atoms with E-state index in [0.29, 0.717) is 30.2 Å². The Labute approximate surface area is 182 Å². The molecule has 0 fully saturated rings. The molecule has 7 nitrogen and oxygen atoms in total. The lowest BCUT2D eigenvalue weighted by Gasteiger charge is -2.17. The average Bonchev–Trinajstić information content (AvgIpc) is 3.24. The second kappa shape index (κ2) is 8.99. The highest BCUT2D eigenvalue weighted by molar-refractivity contribution is 6.54. The number of nitrogens with zero attached hydrogens (tertiary/aromatic N) is 4. The number of fused-ring (bicyclic) bond motifs is 2. The van der Waals surface area contributed by atoms with Gasteiger partial charge in [0.15, 0.2) is 5.71 Å². The number of carbonyl (C=O) groups excluding carboxylic acids is 1. The third kappa shape index (κ3) is 4.45. The number of aryl methyl sites for hydroxylation is 1. The summed E-state index contributed by atoms with van der Waals surface area (Å²) in [5.41, 5.74) is 2.53. The first-order valence-corrected chi connectivity index (χ1v) is 10.00. The van der Waals surface area contributed by atoms with Gasteiger partial charge in [-0.2, -0.15) is 13.2 Å². The average molecular weight is 446 g/mol. The SMILES string of the molecule is COCCCn1c(CN2C(=O)C(=NOCC(F)(F)F)c3ccccc32)nc2ccccc21. The molecule has 1 amide bonds. The molecule has 3 aromatic rings. The van der Waals surface area contributed by atoms with E-state index < -0.39 is 18.7 Å². The molecule has 2 heterocycles. The summed E-state index contributed by atoms with van der Waals surface area (Å²) < 4.78 is 44.5. The van der Waals surface area contributed by atoms with E-state index in [-0.39, 0.29) is 12.3 Å². The van der Waals surface area contributed by atoms with E-state index in [1.165, 1.54) is 4.90 Å². The Kier molecular flexibility index (Phi) is 6.13. The normalized spacial score (nSPS) is 15.1. The highest BCUT2D eigenvalue weighted by Gasteiger charge is 2.36. The van der Waals surface area contributed by atoms with Crippen molar-refractivity contribution in [3.8, 4) is 0 Å². The number of amides is 1. The molecule has 0 aliphatic carbocycles. The van der Waals surface area contributed by atoms with Gasteiger partial charge >= 0.3 is 6.18 Å². The van der Waals surface area contributed by atoms with Crippen molar-refractivity contribution in [1.82, 2.24) is 9.55 Å². The van der Waals surface area contributed by atoms with Crippen molar-refractivity contribution in [2.75, 3.05) is 25.2 Å². The third-order valence-electron chi connectivity index (χ3n) is 5.05. The quantitative estimate of drug-likeness (QED) is 0.389. The molecule has 0 N–H and O–H groups in total. The zero-order valence-electron chi connectivity index (χ0n) is 17.3. The molecule has 0 bridgehead atoms. The maximum atomic E-state index is 13.1. The lowest BCUT2D eigenvalue weighted by Crippen LogP contribution is -2.31. The lowest BCUT2D eigenvalue weighted by atomic mass is 10.1. The summed E-state index contributed by atoms with van der Waals surface area (Å²) in [5.74, 6) is 0.117. The fourth-order valence-electron chi connectivity index (χ4n) is 3.68. The zero-order valence-corrected chi connectivity index (χ0v) is 17.3. The van der Waals surface area contributed by atoms with Gasteiger partial charge in [0.1, 0.15) is 5.82 Å². The Hall–Kier alpha value is -3.40. The number of imidazole rings is 1. The maximum Gasteiger partial charge on any atom is 0.425 e. The number of para-hydroxylation sites is 3. The van der Waals surface area contributed by atoms with E-state index in [9.17, 15) is 18.0 Å². The van der Waals surface area contributed by atoms with Crippen molar-refractivity contribution < 1.29 is 27.5 Å². The predicted molar refractivity (Wildman–Crippen MR) is 112 cm³/mol. The molecule has 0 spiro atoms. The fraction of sp³-hybridized carbons (Fsp3) is 0.318. The molecule has 4 rings (SSSR count). The standard InChI is InChI=1S/C22H21F3N4O3/c1-31-12-6-11-28-18-10-5-3-8-16(18)26-19(28)13-29-17-9-4-2-7-15(17)20(21(29)30)27-32-14-22(23,24)25/h2-5,7-10H,6,11-14H2,1H3. The summed E-state index contributed by atoms with van der Waals surface area (Å²) in [6.07, 6.45) is -3.79. The Morgan fingerprint density at radius 3 is 2.62 bits per heavy atom. The minimum atomic E-state index is -4.54. The molecular formula is C22H21F3N4O3. The lowest BCUT2D eigenvalue weighted by molar-refractivity contribution is -0.173. The van der Waals surface area contributed by atoms with E-state index >= 15 is 0 Å². The van der Waals surface area contributed by atoms with Crippen LogP contribution in [0.4, 0.5) is 18.9 Å². The highest BCUT2D eigenvalue weighted by atomic mass is 19.4. The Bertz CT molecular complexity index is 1160. The number of hydrogen-bond acceptors (Lipinski definition) is 5. The number of rotatable bonds is 8. The number of benzene rings is 2. The number of anilines is 1. The predicted octanol–water partition coefficient (Wildman–Crippen LogP) is 3.90. The minimum absolute atomic E-state index is 0.135. The van der Waals surface area contributed by atoms with Gasteiger partial charge in [-0.3, -0.25) is 9.69 Å². The van der Waals surface area contributed by atoms with Crippen LogP contribution >= 0.6 is 0 Å². The number of carbonyl (C=O) groups is 1. The van der Waals surface area contributed by atoms with Gasteiger partial charge in [-0.25, -0.2) is 4.98 Å². The van der Waals surface area contributed by atoms with Crippen LogP contribution in [0.25, 0.3) is 11.0 Å². The van der Waals surface area contributed by atoms with Crippen molar-refractivity contribution in [2.24, 2.45) is 5.16 Å². The summed E-state index contributed by atoms with van der Waals surface area (Å²) in [6.45, 7) is -0.217. The molecule has 0 saturated heterocycles. The van der Waals surface area contributed by atoms with Crippen molar-refractivity contribution in [3.05, 3.63) is 59.9 Å². The minimum Gasteiger partial charge on any atom is -0.385 e. The molecule has 32 heavy (non-hydrogen) atoms. The maximum absolute atomic E-state index is 13.1. The van der Waals surface area contributed by atoms with Crippen molar-refractivity contribution in [2.45, 2.75) is 25.7 Å². The van der Waals surface area contributed by atoms with Gasteiger partial charge in [-0.05, 0) is 24.6 Å². The monoisotopic (exact) mass is 446 g/mol. The number of halogens is 3. The van der Waals surface area contributed by atoms with Gasteiger partial charge in [0.2, 0.25) is 6.61 Å².